The molecule has 2 aromatic heterocycles. The molecular formula is C14H12N4O2. The fourth-order valence-electron chi connectivity index (χ4n) is 2.10. The third-order valence-corrected chi connectivity index (χ3v) is 3.07. The van der Waals surface area contributed by atoms with E-state index in [0.29, 0.717) is 16.9 Å². The number of carbonyl (C=O) groups is 1. The highest BCUT2D eigenvalue weighted by molar-refractivity contribution is 5.92. The second kappa shape index (κ2) is 4.34. The molecular weight excluding hydrogens is 256 g/mol. The number of amides is 1. The Morgan fingerprint density at radius 1 is 1.30 bits per heavy atom. The molecule has 2 heterocycles. The lowest BCUT2D eigenvalue weighted by Gasteiger charge is -2.05. The van der Waals surface area contributed by atoms with Gasteiger partial charge in [0.15, 0.2) is 0 Å². The summed E-state index contributed by atoms with van der Waals surface area (Å²) in [5.74, 6) is -0.501. The van der Waals surface area contributed by atoms with Gasteiger partial charge >= 0.3 is 5.69 Å². The van der Waals surface area contributed by atoms with Crippen LogP contribution in [0, 0.1) is 6.92 Å². The Morgan fingerprint density at radius 2 is 2.00 bits per heavy atom. The molecule has 0 unspecified atom stereocenters. The van der Waals surface area contributed by atoms with Gasteiger partial charge in [0.1, 0.15) is 5.65 Å². The molecule has 3 rings (SSSR count). The number of aryl methyl sites for hydroxylation is 1. The Morgan fingerprint density at radius 3 is 2.65 bits per heavy atom. The number of hydrogen-bond acceptors (Lipinski definition) is 3. The number of nitrogens with one attached hydrogen (secondary N) is 1. The highest BCUT2D eigenvalue weighted by Gasteiger charge is 2.07. The van der Waals surface area contributed by atoms with E-state index in [9.17, 15) is 9.59 Å². The van der Waals surface area contributed by atoms with Crippen molar-refractivity contribution in [3.8, 4) is 5.69 Å². The van der Waals surface area contributed by atoms with Gasteiger partial charge in [0.2, 0.25) is 5.91 Å². The summed E-state index contributed by atoms with van der Waals surface area (Å²) in [7, 11) is 0. The Bertz CT molecular complexity index is 859. The van der Waals surface area contributed by atoms with E-state index in [1.165, 1.54) is 4.57 Å². The average molecular weight is 268 g/mol. The summed E-state index contributed by atoms with van der Waals surface area (Å²) in [6.07, 6.45) is 1.72. The third kappa shape index (κ3) is 1.97. The van der Waals surface area contributed by atoms with Crippen molar-refractivity contribution in [2.24, 2.45) is 5.73 Å². The maximum Gasteiger partial charge on any atom is 0.354 e. The number of carbonyl (C=O) groups excluding carboxylic acids is 1. The average Bonchev–Trinajstić information content (AvgIpc) is 2.77. The summed E-state index contributed by atoms with van der Waals surface area (Å²) in [4.78, 5) is 30.0. The van der Waals surface area contributed by atoms with Crippen molar-refractivity contribution in [2.75, 3.05) is 0 Å². The van der Waals surface area contributed by atoms with Gasteiger partial charge in [-0.05, 0) is 37.3 Å². The SMILES string of the molecule is Cc1cc2cn(-c3ccc(C(N)=O)cc3)c(=O)nc2[nH]1. The maximum absolute atomic E-state index is 12.0. The van der Waals surface area contributed by atoms with Crippen molar-refractivity contribution >= 4 is 16.9 Å². The molecule has 1 aromatic carbocycles. The van der Waals surface area contributed by atoms with E-state index >= 15 is 0 Å². The van der Waals surface area contributed by atoms with Crippen LogP contribution in [0.3, 0.4) is 0 Å². The van der Waals surface area contributed by atoms with Crippen LogP contribution >= 0.6 is 0 Å². The molecule has 0 saturated heterocycles. The van der Waals surface area contributed by atoms with Crippen molar-refractivity contribution in [3.63, 3.8) is 0 Å². The van der Waals surface area contributed by atoms with Crippen molar-refractivity contribution in [1.82, 2.24) is 14.5 Å². The maximum atomic E-state index is 12.0. The van der Waals surface area contributed by atoms with Gasteiger partial charge in [0, 0.05) is 22.8 Å². The van der Waals surface area contributed by atoms with Crippen molar-refractivity contribution in [3.05, 3.63) is 58.3 Å². The van der Waals surface area contributed by atoms with Crippen molar-refractivity contribution < 1.29 is 4.79 Å². The Hall–Kier alpha value is -2.89. The highest BCUT2D eigenvalue weighted by Crippen LogP contribution is 2.13. The molecule has 0 radical (unpaired) electrons. The molecule has 1 amide bonds. The molecule has 0 aliphatic carbocycles. The Balaban J connectivity index is 2.15. The lowest BCUT2D eigenvalue weighted by atomic mass is 10.2. The molecule has 6 heteroatoms. The number of nitrogens with two attached hydrogens (primary N) is 1. The van der Waals surface area contributed by atoms with Gasteiger partial charge in [0.05, 0.1) is 5.69 Å². The first kappa shape index (κ1) is 12.2. The third-order valence-electron chi connectivity index (χ3n) is 3.07. The monoisotopic (exact) mass is 268 g/mol. The predicted octanol–water partition coefficient (Wildman–Crippen LogP) is 1.12. The van der Waals surface area contributed by atoms with E-state index in [4.69, 9.17) is 5.73 Å². The zero-order valence-electron chi connectivity index (χ0n) is 10.8. The first-order chi connectivity index (χ1) is 9.54. The first-order valence-corrected chi connectivity index (χ1v) is 6.04. The number of rotatable bonds is 2. The van der Waals surface area contributed by atoms with Gasteiger partial charge in [-0.3, -0.25) is 9.36 Å². The number of aromatic nitrogens is 3. The molecule has 3 aromatic rings. The lowest BCUT2D eigenvalue weighted by Crippen LogP contribution is -2.20. The second-order valence-electron chi connectivity index (χ2n) is 4.56. The number of H-pyrrole nitrogens is 1. The second-order valence-corrected chi connectivity index (χ2v) is 4.56. The normalized spacial score (nSPS) is 10.8. The minimum absolute atomic E-state index is 0.383. The van der Waals surface area contributed by atoms with E-state index in [1.54, 1.807) is 30.5 Å². The van der Waals surface area contributed by atoms with Crippen molar-refractivity contribution in [1.29, 1.82) is 0 Å². The van der Waals surface area contributed by atoms with Crippen LogP contribution in [0.25, 0.3) is 16.7 Å². The minimum atomic E-state index is -0.501. The smallest absolute Gasteiger partial charge is 0.354 e. The van der Waals surface area contributed by atoms with Crippen LogP contribution in [-0.4, -0.2) is 20.4 Å². The fraction of sp³-hybridized carbons (Fsp3) is 0.0714. The summed E-state index contributed by atoms with van der Waals surface area (Å²) in [5, 5.41) is 0.848. The van der Waals surface area contributed by atoms with E-state index in [2.05, 4.69) is 9.97 Å². The summed E-state index contributed by atoms with van der Waals surface area (Å²) >= 11 is 0. The zero-order chi connectivity index (χ0) is 14.3. The number of primary amides is 1. The number of benzene rings is 1. The quantitative estimate of drug-likeness (QED) is 0.729. The molecule has 0 spiro atoms. The van der Waals surface area contributed by atoms with E-state index in [1.807, 2.05) is 13.0 Å². The van der Waals surface area contributed by atoms with E-state index in [-0.39, 0.29) is 5.69 Å². The predicted molar refractivity (Wildman–Crippen MR) is 74.9 cm³/mol. The lowest BCUT2D eigenvalue weighted by molar-refractivity contribution is 0.100. The summed E-state index contributed by atoms with van der Waals surface area (Å²) in [6, 6.07) is 8.40. The highest BCUT2D eigenvalue weighted by atomic mass is 16.1. The largest absolute Gasteiger partial charge is 0.366 e. The Kier molecular flexibility index (Phi) is 2.64. The van der Waals surface area contributed by atoms with Crippen LogP contribution in [0.15, 0.2) is 41.3 Å². The molecule has 20 heavy (non-hydrogen) atoms. The van der Waals surface area contributed by atoms with Gasteiger partial charge in [-0.15, -0.1) is 0 Å². The van der Waals surface area contributed by atoms with Crippen molar-refractivity contribution in [2.45, 2.75) is 6.92 Å². The van der Waals surface area contributed by atoms with Gasteiger partial charge in [0.25, 0.3) is 0 Å². The van der Waals surface area contributed by atoms with Crippen LogP contribution in [0.2, 0.25) is 0 Å². The molecule has 0 saturated carbocycles. The first-order valence-electron chi connectivity index (χ1n) is 6.04. The van der Waals surface area contributed by atoms with Gasteiger partial charge in [-0.1, -0.05) is 0 Å². The van der Waals surface area contributed by atoms with Crippen LogP contribution in [0.1, 0.15) is 16.1 Å². The fourth-order valence-corrected chi connectivity index (χ4v) is 2.10. The minimum Gasteiger partial charge on any atom is -0.366 e. The van der Waals surface area contributed by atoms with E-state index < -0.39 is 5.91 Å². The molecule has 100 valence electrons. The molecule has 0 bridgehead atoms. The van der Waals surface area contributed by atoms with Gasteiger partial charge in [-0.25, -0.2) is 4.79 Å². The Labute approximate surface area is 113 Å². The summed E-state index contributed by atoms with van der Waals surface area (Å²) in [5.41, 5.74) is 7.34. The van der Waals surface area contributed by atoms with Crippen LogP contribution in [-0.2, 0) is 0 Å². The number of hydrogen-bond donors (Lipinski definition) is 2. The topological polar surface area (TPSA) is 93.8 Å². The molecule has 3 N–H and O–H groups in total. The number of aromatic amines is 1. The molecule has 0 atom stereocenters. The number of fused-ring (bicyclic) bond motifs is 1. The number of nitrogens with zero attached hydrogens (tertiary/aromatic N) is 2. The van der Waals surface area contributed by atoms with Gasteiger partial charge in [-0.2, -0.15) is 4.98 Å². The zero-order valence-corrected chi connectivity index (χ0v) is 10.8. The van der Waals surface area contributed by atoms with Gasteiger partial charge < -0.3 is 10.7 Å². The standard InChI is InChI=1S/C14H12N4O2/c1-8-6-10-7-18(14(20)17-13(10)16-8)11-4-2-9(3-5-11)12(15)19/h2-7H,1H3,(H2,15,19)(H,16,17,20). The summed E-state index contributed by atoms with van der Waals surface area (Å²) in [6.45, 7) is 1.90. The molecule has 0 aliphatic heterocycles. The molecule has 6 nitrogen and oxygen atoms in total. The van der Waals surface area contributed by atoms with Crippen LogP contribution in [0.5, 0.6) is 0 Å². The summed E-state index contributed by atoms with van der Waals surface area (Å²) < 4.78 is 1.43. The van der Waals surface area contributed by atoms with Crippen LogP contribution < -0.4 is 11.4 Å². The van der Waals surface area contributed by atoms with Crippen LogP contribution in [0.4, 0.5) is 0 Å². The van der Waals surface area contributed by atoms with E-state index in [0.717, 1.165) is 11.1 Å². The molecule has 0 aliphatic rings. The molecule has 0 fully saturated rings.